The molecular weight excluding hydrogens is 380 g/mol. The minimum absolute atomic E-state index is 0.106. The van der Waals surface area contributed by atoms with Crippen molar-refractivity contribution >= 4 is 5.97 Å². The maximum absolute atomic E-state index is 11.5. The van der Waals surface area contributed by atoms with Crippen LogP contribution in [0.5, 0.6) is 0 Å². The van der Waals surface area contributed by atoms with Crippen LogP contribution in [0.15, 0.2) is 0 Å². The number of rotatable bonds is 24. The Labute approximate surface area is 185 Å². The van der Waals surface area contributed by atoms with E-state index in [1.165, 1.54) is 109 Å². The van der Waals surface area contributed by atoms with E-state index < -0.39 is 6.10 Å². The van der Waals surface area contributed by atoms with Gasteiger partial charge in [0.2, 0.25) is 0 Å². The van der Waals surface area contributed by atoms with Crippen LogP contribution in [0.2, 0.25) is 0 Å². The van der Waals surface area contributed by atoms with Crippen molar-refractivity contribution in [3.8, 4) is 0 Å². The molecule has 0 aliphatic carbocycles. The molecule has 2 N–H and O–H groups in total. The SMILES string of the molecule is CCCCCCCCCCCCCCCCCCCCCC(=O)OC[C@H](CO)OO. The van der Waals surface area contributed by atoms with Crippen LogP contribution in [0.25, 0.3) is 0 Å². The number of hydrogen-bond donors (Lipinski definition) is 2. The Bertz CT molecular complexity index is 344. The van der Waals surface area contributed by atoms with Crippen molar-refractivity contribution in [2.75, 3.05) is 13.2 Å². The lowest BCUT2D eigenvalue weighted by Gasteiger charge is -2.10. The molecule has 1 atom stereocenters. The summed E-state index contributed by atoms with van der Waals surface area (Å²) in [6, 6.07) is 0. The van der Waals surface area contributed by atoms with Crippen molar-refractivity contribution in [1.29, 1.82) is 0 Å². The fourth-order valence-electron chi connectivity index (χ4n) is 3.72. The molecule has 0 spiro atoms. The number of carbonyl (C=O) groups excluding carboxylic acids is 1. The van der Waals surface area contributed by atoms with Gasteiger partial charge in [-0.3, -0.25) is 10.1 Å². The molecule has 0 aromatic heterocycles. The normalized spacial score (nSPS) is 12.2. The standard InChI is InChI=1S/C25H50O5/c1-2-3-4-5-6-7-8-9-10-11-12-13-14-15-16-17-18-19-20-21-25(27)29-23-24(22-26)30-28/h24,26,28H,2-23H2,1H3/t24-/m0/s1. The van der Waals surface area contributed by atoms with Gasteiger partial charge in [-0.2, -0.15) is 0 Å². The van der Waals surface area contributed by atoms with Crippen molar-refractivity contribution in [3.05, 3.63) is 0 Å². The second kappa shape index (κ2) is 24.6. The highest BCUT2D eigenvalue weighted by molar-refractivity contribution is 5.69. The van der Waals surface area contributed by atoms with Crippen molar-refractivity contribution in [3.63, 3.8) is 0 Å². The molecule has 0 saturated carbocycles. The van der Waals surface area contributed by atoms with Crippen molar-refractivity contribution < 1.29 is 24.8 Å². The molecule has 0 aromatic rings. The number of carbonyl (C=O) groups is 1. The Morgan fingerprint density at radius 3 is 1.37 bits per heavy atom. The molecule has 0 aliphatic rings. The van der Waals surface area contributed by atoms with E-state index in [4.69, 9.17) is 15.1 Å². The number of esters is 1. The Kier molecular flexibility index (Phi) is 24.1. The van der Waals surface area contributed by atoms with E-state index in [1.807, 2.05) is 0 Å². The topological polar surface area (TPSA) is 76.0 Å². The molecule has 5 nitrogen and oxygen atoms in total. The van der Waals surface area contributed by atoms with Crippen molar-refractivity contribution in [1.82, 2.24) is 0 Å². The number of aliphatic hydroxyl groups is 1. The average molecular weight is 431 g/mol. The molecule has 0 rings (SSSR count). The van der Waals surface area contributed by atoms with Gasteiger partial charge in [-0.1, -0.05) is 122 Å². The zero-order valence-electron chi connectivity index (χ0n) is 19.8. The summed E-state index contributed by atoms with van der Waals surface area (Å²) in [5.41, 5.74) is 0. The summed E-state index contributed by atoms with van der Waals surface area (Å²) < 4.78 is 4.94. The van der Waals surface area contributed by atoms with E-state index in [9.17, 15) is 4.79 Å². The number of ether oxygens (including phenoxy) is 1. The van der Waals surface area contributed by atoms with Gasteiger partial charge in [-0.25, -0.2) is 4.89 Å². The first kappa shape index (κ1) is 29.4. The number of hydrogen-bond acceptors (Lipinski definition) is 5. The van der Waals surface area contributed by atoms with Gasteiger partial charge < -0.3 is 9.84 Å². The van der Waals surface area contributed by atoms with Gasteiger partial charge in [-0.05, 0) is 6.42 Å². The fraction of sp³-hybridized carbons (Fsp3) is 0.960. The molecule has 30 heavy (non-hydrogen) atoms. The van der Waals surface area contributed by atoms with Crippen LogP contribution in [0.1, 0.15) is 135 Å². The summed E-state index contributed by atoms with van der Waals surface area (Å²) in [7, 11) is 0. The third-order valence-corrected chi connectivity index (χ3v) is 5.77. The predicted octanol–water partition coefficient (Wildman–Crippen LogP) is 7.20. The molecule has 0 aliphatic heterocycles. The van der Waals surface area contributed by atoms with E-state index in [-0.39, 0.29) is 19.2 Å². The highest BCUT2D eigenvalue weighted by atomic mass is 17.1. The minimum Gasteiger partial charge on any atom is -0.463 e. The third-order valence-electron chi connectivity index (χ3n) is 5.77. The molecule has 0 bridgehead atoms. The molecule has 0 amide bonds. The largest absolute Gasteiger partial charge is 0.463 e. The maximum atomic E-state index is 11.5. The average Bonchev–Trinajstić information content (AvgIpc) is 2.76. The molecule has 0 heterocycles. The summed E-state index contributed by atoms with van der Waals surface area (Å²) in [4.78, 5) is 15.5. The van der Waals surface area contributed by atoms with Crippen LogP contribution in [0.3, 0.4) is 0 Å². The zero-order chi connectivity index (χ0) is 22.1. The minimum atomic E-state index is -0.848. The smallest absolute Gasteiger partial charge is 0.305 e. The van der Waals surface area contributed by atoms with Crippen LogP contribution in [-0.4, -0.2) is 35.7 Å². The monoisotopic (exact) mass is 430 g/mol. The lowest BCUT2D eigenvalue weighted by molar-refractivity contribution is -0.291. The van der Waals surface area contributed by atoms with E-state index in [2.05, 4.69) is 11.8 Å². The molecule has 0 unspecified atom stereocenters. The summed E-state index contributed by atoms with van der Waals surface area (Å²) in [5.74, 6) is -0.294. The quantitative estimate of drug-likeness (QED) is 0.0732. The van der Waals surface area contributed by atoms with Gasteiger partial charge in [0, 0.05) is 6.42 Å². The van der Waals surface area contributed by atoms with E-state index in [1.54, 1.807) is 0 Å². The van der Waals surface area contributed by atoms with Crippen LogP contribution < -0.4 is 0 Å². The Morgan fingerprint density at radius 2 is 1.03 bits per heavy atom. The van der Waals surface area contributed by atoms with Crippen LogP contribution >= 0.6 is 0 Å². The van der Waals surface area contributed by atoms with Gasteiger partial charge in [0.15, 0.2) is 0 Å². The number of aliphatic hydroxyl groups excluding tert-OH is 1. The van der Waals surface area contributed by atoms with Gasteiger partial charge in [0.1, 0.15) is 12.7 Å². The molecule has 0 aromatic carbocycles. The first-order valence-electron chi connectivity index (χ1n) is 12.8. The van der Waals surface area contributed by atoms with Crippen LogP contribution in [0, 0.1) is 0 Å². The molecule has 0 saturated heterocycles. The Morgan fingerprint density at radius 1 is 0.667 bits per heavy atom. The molecule has 0 fully saturated rings. The lowest BCUT2D eigenvalue weighted by atomic mass is 10.0. The summed E-state index contributed by atoms with van der Waals surface area (Å²) in [5, 5.41) is 17.2. The van der Waals surface area contributed by atoms with E-state index >= 15 is 0 Å². The third kappa shape index (κ3) is 22.0. The molecule has 180 valence electrons. The van der Waals surface area contributed by atoms with Crippen molar-refractivity contribution in [2.45, 2.75) is 141 Å². The number of unbranched alkanes of at least 4 members (excludes halogenated alkanes) is 18. The molecule has 0 radical (unpaired) electrons. The lowest BCUT2D eigenvalue weighted by Crippen LogP contribution is -2.24. The Balaban J connectivity index is 3.15. The van der Waals surface area contributed by atoms with Gasteiger partial charge in [0.05, 0.1) is 6.61 Å². The zero-order valence-corrected chi connectivity index (χ0v) is 19.8. The van der Waals surface area contributed by atoms with Crippen molar-refractivity contribution in [2.24, 2.45) is 0 Å². The van der Waals surface area contributed by atoms with E-state index in [0.717, 1.165) is 12.8 Å². The first-order chi connectivity index (χ1) is 14.7. The summed E-state index contributed by atoms with van der Waals surface area (Å²) in [6.45, 7) is 1.80. The van der Waals surface area contributed by atoms with Crippen LogP contribution in [-0.2, 0) is 14.4 Å². The first-order valence-corrected chi connectivity index (χ1v) is 12.8. The second-order valence-corrected chi connectivity index (χ2v) is 8.71. The van der Waals surface area contributed by atoms with Gasteiger partial charge >= 0.3 is 5.97 Å². The fourth-order valence-corrected chi connectivity index (χ4v) is 3.72. The summed E-state index contributed by atoms with van der Waals surface area (Å²) >= 11 is 0. The molecule has 5 heteroatoms. The Hall–Kier alpha value is -0.650. The van der Waals surface area contributed by atoms with Gasteiger partial charge in [-0.15, -0.1) is 0 Å². The highest BCUT2D eigenvalue weighted by Gasteiger charge is 2.11. The summed E-state index contributed by atoms with van der Waals surface area (Å²) in [6.07, 6.45) is 24.8. The highest BCUT2D eigenvalue weighted by Crippen LogP contribution is 2.14. The van der Waals surface area contributed by atoms with E-state index in [0.29, 0.717) is 6.42 Å². The molecular formula is C25H50O5. The van der Waals surface area contributed by atoms with Crippen LogP contribution in [0.4, 0.5) is 0 Å². The van der Waals surface area contributed by atoms with Gasteiger partial charge in [0.25, 0.3) is 0 Å². The predicted molar refractivity (Wildman–Crippen MR) is 124 cm³/mol. The maximum Gasteiger partial charge on any atom is 0.305 e. The second-order valence-electron chi connectivity index (χ2n) is 8.71.